The number of nitrogens with one attached hydrogen (secondary N) is 1. The molecule has 1 aromatic carbocycles. The first-order valence-electron chi connectivity index (χ1n) is 6.94. The molecule has 24 heavy (non-hydrogen) atoms. The molecule has 1 N–H and O–H groups in total. The summed E-state index contributed by atoms with van der Waals surface area (Å²) in [4.78, 5) is -0.176. The van der Waals surface area contributed by atoms with Gasteiger partial charge in [-0.05, 0) is 41.8 Å². The normalized spacial score (nSPS) is 11.6. The molecule has 2 aromatic heterocycles. The molecule has 2 heterocycles. The quantitative estimate of drug-likeness (QED) is 0.722. The molecule has 0 bridgehead atoms. The Labute approximate surface area is 142 Å². The standard InChI is InChI=1S/C16H14FNO4S2/c1-21-16-5-3-13(8-14(16)17)24(19,20)18-9-12-2-4-15(22-12)11-6-7-23-10-11/h2-8,10,18H,9H2,1H3. The van der Waals surface area contributed by atoms with Crippen LogP contribution >= 0.6 is 11.3 Å². The number of methoxy groups -OCH3 is 1. The summed E-state index contributed by atoms with van der Waals surface area (Å²) >= 11 is 1.55. The van der Waals surface area contributed by atoms with Gasteiger partial charge in [-0.1, -0.05) is 0 Å². The highest BCUT2D eigenvalue weighted by Gasteiger charge is 2.17. The van der Waals surface area contributed by atoms with Gasteiger partial charge in [0.1, 0.15) is 11.5 Å². The van der Waals surface area contributed by atoms with Crippen molar-refractivity contribution in [3.63, 3.8) is 0 Å². The minimum Gasteiger partial charge on any atom is -0.494 e. The summed E-state index contributed by atoms with van der Waals surface area (Å²) in [5.74, 6) is 0.383. The molecule has 0 saturated carbocycles. The van der Waals surface area contributed by atoms with Crippen molar-refractivity contribution in [2.24, 2.45) is 0 Å². The van der Waals surface area contributed by atoms with E-state index in [-0.39, 0.29) is 17.2 Å². The number of furan rings is 1. The largest absolute Gasteiger partial charge is 0.494 e. The fourth-order valence-electron chi connectivity index (χ4n) is 2.10. The maximum absolute atomic E-state index is 13.7. The molecule has 0 aliphatic carbocycles. The molecule has 0 atom stereocenters. The first-order valence-corrected chi connectivity index (χ1v) is 9.37. The van der Waals surface area contributed by atoms with Crippen LogP contribution in [0.1, 0.15) is 5.76 Å². The van der Waals surface area contributed by atoms with Crippen LogP contribution in [0.15, 0.2) is 56.5 Å². The van der Waals surface area contributed by atoms with Crippen LogP contribution in [-0.4, -0.2) is 15.5 Å². The van der Waals surface area contributed by atoms with E-state index < -0.39 is 15.8 Å². The molecule has 126 valence electrons. The van der Waals surface area contributed by atoms with Crippen molar-refractivity contribution in [1.82, 2.24) is 4.72 Å². The van der Waals surface area contributed by atoms with Gasteiger partial charge in [-0.3, -0.25) is 0 Å². The molecule has 0 radical (unpaired) electrons. The van der Waals surface area contributed by atoms with Crippen molar-refractivity contribution in [3.8, 4) is 17.1 Å². The number of rotatable bonds is 6. The van der Waals surface area contributed by atoms with Crippen LogP contribution in [0.5, 0.6) is 5.75 Å². The van der Waals surface area contributed by atoms with Gasteiger partial charge in [-0.2, -0.15) is 11.3 Å². The topological polar surface area (TPSA) is 68.5 Å². The molecule has 0 aliphatic heterocycles. The van der Waals surface area contributed by atoms with Gasteiger partial charge in [0.2, 0.25) is 10.0 Å². The lowest BCUT2D eigenvalue weighted by atomic mass is 10.3. The number of ether oxygens (including phenoxy) is 1. The molecule has 0 saturated heterocycles. The second-order valence-corrected chi connectivity index (χ2v) is 7.45. The predicted molar refractivity (Wildman–Crippen MR) is 89.0 cm³/mol. The fourth-order valence-corrected chi connectivity index (χ4v) is 3.75. The van der Waals surface area contributed by atoms with Crippen molar-refractivity contribution >= 4 is 21.4 Å². The molecular formula is C16H14FNO4S2. The SMILES string of the molecule is COc1ccc(S(=O)(=O)NCc2ccc(-c3ccsc3)o2)cc1F. The van der Waals surface area contributed by atoms with Crippen molar-refractivity contribution in [2.75, 3.05) is 7.11 Å². The highest BCUT2D eigenvalue weighted by atomic mass is 32.2. The van der Waals surface area contributed by atoms with Crippen molar-refractivity contribution in [1.29, 1.82) is 0 Å². The molecule has 0 unspecified atom stereocenters. The zero-order chi connectivity index (χ0) is 17.2. The second kappa shape index (κ2) is 6.76. The van der Waals surface area contributed by atoms with Gasteiger partial charge >= 0.3 is 0 Å². The minimum atomic E-state index is -3.85. The molecule has 0 fully saturated rings. The Hall–Kier alpha value is -2.16. The van der Waals surface area contributed by atoms with Gasteiger partial charge in [-0.25, -0.2) is 17.5 Å². The first-order chi connectivity index (χ1) is 11.5. The lowest BCUT2D eigenvalue weighted by molar-refractivity contribution is 0.385. The average Bonchev–Trinajstić information content (AvgIpc) is 3.24. The summed E-state index contributed by atoms with van der Waals surface area (Å²) < 4.78 is 50.9. The summed E-state index contributed by atoms with van der Waals surface area (Å²) in [7, 11) is -2.54. The van der Waals surface area contributed by atoms with E-state index in [1.165, 1.54) is 19.2 Å². The van der Waals surface area contributed by atoms with E-state index >= 15 is 0 Å². The van der Waals surface area contributed by atoms with Crippen LogP contribution in [-0.2, 0) is 16.6 Å². The van der Waals surface area contributed by atoms with Crippen molar-refractivity contribution < 1.29 is 22.0 Å². The number of halogens is 1. The Morgan fingerprint density at radius 2 is 2.08 bits per heavy atom. The lowest BCUT2D eigenvalue weighted by Gasteiger charge is -2.07. The predicted octanol–water partition coefficient (Wildman–Crippen LogP) is 3.63. The molecule has 3 aromatic rings. The van der Waals surface area contributed by atoms with Crippen LogP contribution in [0.2, 0.25) is 0 Å². The molecule has 8 heteroatoms. The van der Waals surface area contributed by atoms with Gasteiger partial charge in [0.15, 0.2) is 11.6 Å². The molecular weight excluding hydrogens is 353 g/mol. The minimum absolute atomic E-state index is 0.0135. The Morgan fingerprint density at radius 1 is 1.25 bits per heavy atom. The fraction of sp³-hybridized carbons (Fsp3) is 0.125. The van der Waals surface area contributed by atoms with Crippen LogP contribution < -0.4 is 9.46 Å². The zero-order valence-electron chi connectivity index (χ0n) is 12.7. The van der Waals surface area contributed by atoms with Gasteiger partial charge in [0.25, 0.3) is 0 Å². The van der Waals surface area contributed by atoms with E-state index in [4.69, 9.17) is 9.15 Å². The summed E-state index contributed by atoms with van der Waals surface area (Å²) in [6.07, 6.45) is 0. The van der Waals surface area contributed by atoms with Gasteiger partial charge in [0, 0.05) is 10.9 Å². The number of sulfonamides is 1. The highest BCUT2D eigenvalue weighted by Crippen LogP contribution is 2.25. The van der Waals surface area contributed by atoms with E-state index in [9.17, 15) is 12.8 Å². The van der Waals surface area contributed by atoms with Crippen molar-refractivity contribution in [2.45, 2.75) is 11.4 Å². The number of benzene rings is 1. The van der Waals surface area contributed by atoms with E-state index in [0.29, 0.717) is 11.5 Å². The molecule has 0 amide bonds. The first kappa shape index (κ1) is 16.7. The lowest BCUT2D eigenvalue weighted by Crippen LogP contribution is -2.23. The van der Waals surface area contributed by atoms with Gasteiger partial charge in [0.05, 0.1) is 18.6 Å². The summed E-state index contributed by atoms with van der Waals surface area (Å²) in [5.41, 5.74) is 0.936. The molecule has 0 aliphatic rings. The van der Waals surface area contributed by atoms with Crippen LogP contribution in [0.3, 0.4) is 0 Å². The zero-order valence-corrected chi connectivity index (χ0v) is 14.3. The average molecular weight is 367 g/mol. The van der Waals surface area contributed by atoms with Gasteiger partial charge in [-0.15, -0.1) is 0 Å². The highest BCUT2D eigenvalue weighted by molar-refractivity contribution is 7.89. The maximum atomic E-state index is 13.7. The summed E-state index contributed by atoms with van der Waals surface area (Å²) in [6, 6.07) is 8.86. The third-order valence-corrected chi connectivity index (χ3v) is 5.42. The smallest absolute Gasteiger partial charge is 0.241 e. The van der Waals surface area contributed by atoms with E-state index in [1.54, 1.807) is 23.5 Å². The van der Waals surface area contributed by atoms with E-state index in [2.05, 4.69) is 4.72 Å². The van der Waals surface area contributed by atoms with Crippen LogP contribution in [0.25, 0.3) is 11.3 Å². The maximum Gasteiger partial charge on any atom is 0.241 e. The molecule has 0 spiro atoms. The van der Waals surface area contributed by atoms with Crippen LogP contribution in [0.4, 0.5) is 4.39 Å². The Morgan fingerprint density at radius 3 is 2.75 bits per heavy atom. The second-order valence-electron chi connectivity index (χ2n) is 4.90. The Bertz CT molecular complexity index is 933. The Kier molecular flexibility index (Phi) is 4.70. The summed E-state index contributed by atoms with van der Waals surface area (Å²) in [6.45, 7) is -0.0277. The van der Waals surface area contributed by atoms with E-state index in [1.807, 2.05) is 16.8 Å². The monoisotopic (exact) mass is 367 g/mol. The summed E-state index contributed by atoms with van der Waals surface area (Å²) in [5, 5.41) is 3.87. The molecule has 3 rings (SSSR count). The molecule has 5 nitrogen and oxygen atoms in total. The number of hydrogen-bond acceptors (Lipinski definition) is 5. The van der Waals surface area contributed by atoms with Crippen LogP contribution in [0, 0.1) is 5.82 Å². The van der Waals surface area contributed by atoms with Crippen molar-refractivity contribution in [3.05, 3.63) is 58.7 Å². The number of thiophene rings is 1. The Balaban J connectivity index is 1.72. The number of hydrogen-bond donors (Lipinski definition) is 1. The van der Waals surface area contributed by atoms with E-state index in [0.717, 1.165) is 11.6 Å². The van der Waals surface area contributed by atoms with Gasteiger partial charge < -0.3 is 9.15 Å². The third kappa shape index (κ3) is 3.50. The third-order valence-electron chi connectivity index (χ3n) is 3.34.